The molecule has 0 aromatic carbocycles. The molecule has 1 heterocycles. The van der Waals surface area contributed by atoms with Crippen molar-refractivity contribution in [2.24, 2.45) is 0 Å². The summed E-state index contributed by atoms with van der Waals surface area (Å²) in [4.78, 5) is 35.5. The van der Waals surface area contributed by atoms with Crippen LogP contribution < -0.4 is 5.32 Å². The second-order valence-corrected chi connectivity index (χ2v) is 3.84. The molecule has 0 spiro atoms. The van der Waals surface area contributed by atoms with E-state index in [9.17, 15) is 19.7 Å². The van der Waals surface area contributed by atoms with Crippen LogP contribution in [-0.2, 0) is 16.1 Å². The highest BCUT2D eigenvalue weighted by Gasteiger charge is 2.17. The van der Waals surface area contributed by atoms with E-state index in [-0.39, 0.29) is 25.2 Å². The zero-order valence-corrected chi connectivity index (χ0v) is 10.3. The predicted octanol–water partition coefficient (Wildman–Crippen LogP) is 0.161. The van der Waals surface area contributed by atoms with Crippen molar-refractivity contribution < 1.29 is 19.6 Å². The molecule has 1 atom stereocenters. The molecule has 2 N–H and O–H groups in total. The number of nitrogens with one attached hydrogen (secondary N) is 1. The maximum absolute atomic E-state index is 11.5. The highest BCUT2D eigenvalue weighted by Crippen LogP contribution is 2.06. The normalized spacial score (nSPS) is 11.8. The summed E-state index contributed by atoms with van der Waals surface area (Å²) in [7, 11) is 0. The van der Waals surface area contributed by atoms with Crippen LogP contribution >= 0.6 is 0 Å². The Morgan fingerprint density at radius 2 is 2.32 bits per heavy atom. The molecule has 0 saturated heterocycles. The summed E-state index contributed by atoms with van der Waals surface area (Å²) in [5.41, 5.74) is 0. The lowest BCUT2D eigenvalue weighted by Gasteiger charge is -2.11. The van der Waals surface area contributed by atoms with Gasteiger partial charge in [-0.3, -0.25) is 4.79 Å². The van der Waals surface area contributed by atoms with Gasteiger partial charge in [0.05, 0.1) is 0 Å². The number of aromatic nitrogens is 2. The van der Waals surface area contributed by atoms with Crippen molar-refractivity contribution in [2.45, 2.75) is 32.4 Å². The number of aliphatic carboxylic acids is 1. The first-order valence-corrected chi connectivity index (χ1v) is 5.62. The minimum Gasteiger partial charge on any atom is -0.480 e. The number of hydrogen-bond acceptors (Lipinski definition) is 5. The Morgan fingerprint density at radius 3 is 2.79 bits per heavy atom. The zero-order valence-electron chi connectivity index (χ0n) is 10.3. The van der Waals surface area contributed by atoms with E-state index in [1.165, 1.54) is 17.1 Å². The molecule has 1 aromatic heterocycles. The third-order valence-corrected chi connectivity index (χ3v) is 2.45. The third kappa shape index (κ3) is 4.37. The van der Waals surface area contributed by atoms with Crippen molar-refractivity contribution in [3.05, 3.63) is 22.6 Å². The molecule has 0 radical (unpaired) electrons. The molecule has 9 nitrogen and oxygen atoms in total. The van der Waals surface area contributed by atoms with Gasteiger partial charge in [0.2, 0.25) is 12.2 Å². The van der Waals surface area contributed by atoms with Gasteiger partial charge in [0.1, 0.15) is 12.2 Å². The van der Waals surface area contributed by atoms with Crippen molar-refractivity contribution in [1.29, 1.82) is 0 Å². The molecule has 0 unspecified atom stereocenters. The molecule has 19 heavy (non-hydrogen) atoms. The molecule has 0 bridgehead atoms. The van der Waals surface area contributed by atoms with Crippen molar-refractivity contribution >= 4 is 17.7 Å². The Hall–Kier alpha value is -2.45. The van der Waals surface area contributed by atoms with E-state index in [0.717, 1.165) is 0 Å². The third-order valence-electron chi connectivity index (χ3n) is 2.45. The second-order valence-electron chi connectivity index (χ2n) is 3.84. The molecule has 104 valence electrons. The first-order valence-electron chi connectivity index (χ1n) is 5.62. The summed E-state index contributed by atoms with van der Waals surface area (Å²) in [6, 6.07) is -0.912. The Kier molecular flexibility index (Phi) is 4.98. The van der Waals surface area contributed by atoms with Gasteiger partial charge < -0.3 is 25.1 Å². The van der Waals surface area contributed by atoms with Crippen molar-refractivity contribution in [3.8, 4) is 0 Å². The predicted molar refractivity (Wildman–Crippen MR) is 63.4 cm³/mol. The minimum atomic E-state index is -1.09. The number of nitrogens with zero attached hydrogens (tertiary/aromatic N) is 3. The number of carbonyl (C=O) groups is 2. The smallest absolute Gasteiger partial charge is 0.381 e. The Bertz CT molecular complexity index is 484. The van der Waals surface area contributed by atoms with Gasteiger partial charge in [-0.1, -0.05) is 6.92 Å². The van der Waals surface area contributed by atoms with Gasteiger partial charge in [-0.2, -0.15) is 0 Å². The van der Waals surface area contributed by atoms with E-state index in [4.69, 9.17) is 5.11 Å². The van der Waals surface area contributed by atoms with Crippen molar-refractivity contribution in [3.63, 3.8) is 0 Å². The molecular weight excluding hydrogens is 256 g/mol. The number of carboxylic acid groups (broad SMARTS) is 1. The number of nitro groups is 1. The number of amides is 1. The van der Waals surface area contributed by atoms with Gasteiger partial charge in [-0.25, -0.2) is 4.79 Å². The van der Waals surface area contributed by atoms with Gasteiger partial charge in [-0.05, 0) is 16.3 Å². The minimum absolute atomic E-state index is 0.0251. The SMILES string of the molecule is CC[C@@H](NC(=O)CCn1cnc([N+](=O)[O-])c1)C(=O)O. The Labute approximate surface area is 108 Å². The van der Waals surface area contributed by atoms with Gasteiger partial charge in [0, 0.05) is 13.0 Å². The highest BCUT2D eigenvalue weighted by atomic mass is 16.6. The molecule has 0 aliphatic heterocycles. The fraction of sp³-hybridized carbons (Fsp3) is 0.500. The van der Waals surface area contributed by atoms with Crippen LogP contribution in [0.2, 0.25) is 0 Å². The molecule has 9 heteroatoms. The molecule has 0 fully saturated rings. The largest absolute Gasteiger partial charge is 0.480 e. The summed E-state index contributed by atoms with van der Waals surface area (Å²) < 4.78 is 1.40. The average molecular weight is 270 g/mol. The maximum atomic E-state index is 11.5. The van der Waals surface area contributed by atoms with Crippen molar-refractivity contribution in [2.75, 3.05) is 0 Å². The van der Waals surface area contributed by atoms with Crippen LogP contribution in [-0.4, -0.2) is 37.5 Å². The van der Waals surface area contributed by atoms with Crippen molar-refractivity contribution in [1.82, 2.24) is 14.9 Å². The van der Waals surface area contributed by atoms with E-state index < -0.39 is 22.8 Å². The van der Waals surface area contributed by atoms with Gasteiger partial charge in [-0.15, -0.1) is 0 Å². The number of carboxylic acids is 1. The van der Waals surface area contributed by atoms with Crippen LogP contribution in [0, 0.1) is 10.1 Å². The van der Waals surface area contributed by atoms with E-state index in [1.807, 2.05) is 0 Å². The lowest BCUT2D eigenvalue weighted by Crippen LogP contribution is -2.40. The number of aryl methyl sites for hydroxylation is 1. The standard InChI is InChI=1S/C10H14N4O5/c1-2-7(10(16)17)12-9(15)3-4-13-5-8(11-6-13)14(18)19/h5-7H,2-4H2,1H3,(H,12,15)(H,16,17)/t7-/m1/s1. The summed E-state index contributed by atoms with van der Waals surface area (Å²) in [5.74, 6) is -1.81. The molecule has 1 rings (SSSR count). The zero-order chi connectivity index (χ0) is 14.4. The lowest BCUT2D eigenvalue weighted by molar-refractivity contribution is -0.389. The topological polar surface area (TPSA) is 127 Å². The number of imidazole rings is 1. The van der Waals surface area contributed by atoms with Crippen LogP contribution in [0.25, 0.3) is 0 Å². The Balaban J connectivity index is 2.45. The summed E-state index contributed by atoms with van der Waals surface area (Å²) in [6.45, 7) is 1.85. The quantitative estimate of drug-likeness (QED) is 0.536. The van der Waals surface area contributed by atoms with Crippen LogP contribution in [0.1, 0.15) is 19.8 Å². The van der Waals surface area contributed by atoms with Crippen LogP contribution in [0.3, 0.4) is 0 Å². The molecule has 1 aromatic rings. The first kappa shape index (κ1) is 14.6. The van der Waals surface area contributed by atoms with E-state index in [0.29, 0.717) is 0 Å². The maximum Gasteiger partial charge on any atom is 0.381 e. The van der Waals surface area contributed by atoms with E-state index in [1.54, 1.807) is 6.92 Å². The van der Waals surface area contributed by atoms with Gasteiger partial charge in [0.25, 0.3) is 0 Å². The molecule has 0 saturated carbocycles. The fourth-order valence-corrected chi connectivity index (χ4v) is 1.40. The first-order chi connectivity index (χ1) is 8.93. The second kappa shape index (κ2) is 6.47. The van der Waals surface area contributed by atoms with E-state index in [2.05, 4.69) is 10.3 Å². The fourth-order valence-electron chi connectivity index (χ4n) is 1.40. The van der Waals surface area contributed by atoms with E-state index >= 15 is 0 Å². The molecular formula is C10H14N4O5. The number of rotatable bonds is 7. The molecule has 0 aliphatic rings. The van der Waals surface area contributed by atoms with Crippen LogP contribution in [0.5, 0.6) is 0 Å². The molecule has 0 aliphatic carbocycles. The Morgan fingerprint density at radius 1 is 1.63 bits per heavy atom. The van der Waals surface area contributed by atoms with Crippen LogP contribution in [0.4, 0.5) is 5.82 Å². The highest BCUT2D eigenvalue weighted by molar-refractivity contribution is 5.83. The summed E-state index contributed by atoms with van der Waals surface area (Å²) >= 11 is 0. The lowest BCUT2D eigenvalue weighted by atomic mass is 10.2. The number of carbonyl (C=O) groups excluding carboxylic acids is 1. The van der Waals surface area contributed by atoms with Gasteiger partial charge in [0.15, 0.2) is 0 Å². The monoisotopic (exact) mass is 270 g/mol. The number of hydrogen-bond donors (Lipinski definition) is 2. The van der Waals surface area contributed by atoms with Crippen LogP contribution in [0.15, 0.2) is 12.5 Å². The molecule has 1 amide bonds. The van der Waals surface area contributed by atoms with Gasteiger partial charge >= 0.3 is 11.8 Å². The summed E-state index contributed by atoms with van der Waals surface area (Å²) in [6.07, 6.45) is 2.77. The summed E-state index contributed by atoms with van der Waals surface area (Å²) in [5, 5.41) is 21.5. The average Bonchev–Trinajstić information content (AvgIpc) is 2.82.